The second kappa shape index (κ2) is 8.59. The minimum Gasteiger partial charge on any atom is -0.343 e. The molecule has 6 nitrogen and oxygen atoms in total. The Bertz CT molecular complexity index is 1160. The van der Waals surface area contributed by atoms with Crippen molar-refractivity contribution in [3.63, 3.8) is 0 Å². The molecule has 1 aliphatic rings. The van der Waals surface area contributed by atoms with Gasteiger partial charge in [-0.3, -0.25) is 4.79 Å². The van der Waals surface area contributed by atoms with E-state index >= 15 is 0 Å². The van der Waals surface area contributed by atoms with Gasteiger partial charge in [-0.15, -0.1) is 11.3 Å². The van der Waals surface area contributed by atoms with E-state index in [0.29, 0.717) is 30.5 Å². The number of piperidine rings is 1. The molecule has 5 rings (SSSR count). The fraction of sp³-hybridized carbons (Fsp3) is 0.333. The van der Waals surface area contributed by atoms with Crippen molar-refractivity contribution in [1.82, 2.24) is 20.0 Å². The van der Waals surface area contributed by atoms with Crippen molar-refractivity contribution in [3.05, 3.63) is 65.0 Å². The molecule has 0 aliphatic carbocycles. The summed E-state index contributed by atoms with van der Waals surface area (Å²) in [5.74, 6) is 1.67. The van der Waals surface area contributed by atoms with E-state index in [2.05, 4.69) is 28.3 Å². The number of amides is 1. The Hall–Kier alpha value is -3.06. The highest BCUT2D eigenvalue weighted by molar-refractivity contribution is 7.18. The molecular formula is C24H24N4O2S. The maximum Gasteiger partial charge on any atom is 0.227 e. The van der Waals surface area contributed by atoms with Gasteiger partial charge in [0.1, 0.15) is 0 Å². The quantitative estimate of drug-likeness (QED) is 0.444. The Labute approximate surface area is 184 Å². The average Bonchev–Trinajstić information content (AvgIpc) is 3.45. The Kier molecular flexibility index (Phi) is 5.51. The lowest BCUT2D eigenvalue weighted by Gasteiger charge is -2.31. The van der Waals surface area contributed by atoms with E-state index in [-0.39, 0.29) is 5.91 Å². The van der Waals surface area contributed by atoms with Crippen molar-refractivity contribution in [2.75, 3.05) is 13.1 Å². The zero-order valence-electron chi connectivity index (χ0n) is 17.5. The molecule has 0 radical (unpaired) electrons. The Morgan fingerprint density at radius 1 is 1.10 bits per heavy atom. The Morgan fingerprint density at radius 2 is 1.87 bits per heavy atom. The van der Waals surface area contributed by atoms with E-state index in [1.54, 1.807) is 11.3 Å². The van der Waals surface area contributed by atoms with Crippen LogP contribution >= 0.6 is 11.3 Å². The van der Waals surface area contributed by atoms with Crippen molar-refractivity contribution in [1.29, 1.82) is 0 Å². The lowest BCUT2D eigenvalue weighted by atomic mass is 9.97. The number of fused-ring (bicyclic) bond motifs is 1. The van der Waals surface area contributed by atoms with Crippen LogP contribution in [0.5, 0.6) is 0 Å². The van der Waals surface area contributed by atoms with Crippen molar-refractivity contribution in [2.24, 2.45) is 0 Å². The summed E-state index contributed by atoms with van der Waals surface area (Å²) >= 11 is 1.78. The van der Waals surface area contributed by atoms with Crippen LogP contribution in [0, 0.1) is 6.92 Å². The Morgan fingerprint density at radius 3 is 2.65 bits per heavy atom. The topological polar surface area (TPSA) is 72.1 Å². The smallest absolute Gasteiger partial charge is 0.227 e. The molecule has 0 N–H and O–H groups in total. The van der Waals surface area contributed by atoms with Crippen LogP contribution in [0.15, 0.2) is 53.1 Å². The highest BCUT2D eigenvalue weighted by atomic mass is 32.1. The first-order valence-electron chi connectivity index (χ1n) is 10.7. The van der Waals surface area contributed by atoms with Crippen LogP contribution in [0.3, 0.4) is 0 Å². The number of benzene rings is 2. The van der Waals surface area contributed by atoms with E-state index in [0.717, 1.165) is 37.0 Å². The molecule has 0 unspecified atom stereocenters. The van der Waals surface area contributed by atoms with E-state index in [1.165, 1.54) is 15.3 Å². The van der Waals surface area contributed by atoms with Gasteiger partial charge in [-0.25, -0.2) is 4.98 Å². The van der Waals surface area contributed by atoms with Crippen LogP contribution < -0.4 is 0 Å². The first-order chi connectivity index (χ1) is 15.2. The van der Waals surface area contributed by atoms with Crippen molar-refractivity contribution < 1.29 is 9.32 Å². The molecule has 3 heterocycles. The molecule has 2 aromatic carbocycles. The third-order valence-corrected chi connectivity index (χ3v) is 7.04. The fourth-order valence-electron chi connectivity index (χ4n) is 3.99. The Balaban J connectivity index is 1.14. The number of para-hydroxylation sites is 1. The third kappa shape index (κ3) is 4.37. The highest BCUT2D eigenvalue weighted by Crippen LogP contribution is 2.34. The summed E-state index contributed by atoms with van der Waals surface area (Å²) in [6, 6.07) is 16.3. The number of aryl methyl sites for hydroxylation is 2. The molecule has 7 heteroatoms. The van der Waals surface area contributed by atoms with Crippen LogP contribution in [0.2, 0.25) is 0 Å². The number of nitrogens with zero attached hydrogens (tertiary/aromatic N) is 4. The summed E-state index contributed by atoms with van der Waals surface area (Å²) in [5.41, 5.74) is 3.18. The second-order valence-electron chi connectivity index (χ2n) is 8.05. The average molecular weight is 433 g/mol. The highest BCUT2D eigenvalue weighted by Gasteiger charge is 2.26. The molecule has 1 fully saturated rings. The number of carbonyl (C=O) groups is 1. The molecule has 31 heavy (non-hydrogen) atoms. The number of aromatic nitrogens is 3. The maximum absolute atomic E-state index is 12.7. The predicted octanol–water partition coefficient (Wildman–Crippen LogP) is 4.99. The summed E-state index contributed by atoms with van der Waals surface area (Å²) in [4.78, 5) is 23.9. The van der Waals surface area contributed by atoms with Gasteiger partial charge in [0.05, 0.1) is 15.2 Å². The van der Waals surface area contributed by atoms with E-state index < -0.39 is 0 Å². The number of thiazole rings is 1. The molecule has 4 aromatic rings. The molecule has 0 spiro atoms. The monoisotopic (exact) mass is 432 g/mol. The van der Waals surface area contributed by atoms with Gasteiger partial charge in [0, 0.05) is 37.4 Å². The third-order valence-electron chi connectivity index (χ3n) is 5.84. The zero-order valence-corrected chi connectivity index (χ0v) is 18.3. The largest absolute Gasteiger partial charge is 0.343 e. The fourth-order valence-corrected chi connectivity index (χ4v) is 5.13. The number of rotatable bonds is 5. The van der Waals surface area contributed by atoms with Gasteiger partial charge in [0.25, 0.3) is 0 Å². The SMILES string of the molecule is Cc1ccc(-c2noc(CCC(=O)N3CCC(c4nc5ccccc5s4)CC3)n2)cc1. The summed E-state index contributed by atoms with van der Waals surface area (Å²) in [6.07, 6.45) is 2.78. The first-order valence-corrected chi connectivity index (χ1v) is 11.5. The predicted molar refractivity (Wildman–Crippen MR) is 121 cm³/mol. The minimum atomic E-state index is 0.151. The van der Waals surface area contributed by atoms with Crippen molar-refractivity contribution in [3.8, 4) is 11.4 Å². The van der Waals surface area contributed by atoms with Crippen LogP contribution in [0.25, 0.3) is 21.6 Å². The number of likely N-dealkylation sites (tertiary alicyclic amines) is 1. The van der Waals surface area contributed by atoms with Gasteiger partial charge in [-0.05, 0) is 31.9 Å². The number of carbonyl (C=O) groups excluding carboxylic acids is 1. The lowest BCUT2D eigenvalue weighted by Crippen LogP contribution is -2.38. The summed E-state index contributed by atoms with van der Waals surface area (Å²) in [5, 5.41) is 5.25. The maximum atomic E-state index is 12.7. The van der Waals surface area contributed by atoms with Gasteiger partial charge in [0.15, 0.2) is 0 Å². The molecule has 2 aromatic heterocycles. The van der Waals surface area contributed by atoms with E-state index in [9.17, 15) is 4.79 Å². The van der Waals surface area contributed by atoms with E-state index in [1.807, 2.05) is 42.2 Å². The standard InChI is InChI=1S/C24H24N4O2S/c1-16-6-8-17(9-7-16)23-26-21(30-27-23)10-11-22(29)28-14-12-18(13-15-28)24-25-19-4-2-3-5-20(19)31-24/h2-9,18H,10-15H2,1H3. The molecule has 1 saturated heterocycles. The molecule has 1 aliphatic heterocycles. The molecule has 1 amide bonds. The number of hydrogen-bond acceptors (Lipinski definition) is 6. The van der Waals surface area contributed by atoms with E-state index in [4.69, 9.17) is 9.51 Å². The van der Waals surface area contributed by atoms with Gasteiger partial charge < -0.3 is 9.42 Å². The second-order valence-corrected chi connectivity index (χ2v) is 9.11. The molecule has 0 atom stereocenters. The zero-order chi connectivity index (χ0) is 21.2. The van der Waals surface area contributed by atoms with Crippen molar-refractivity contribution >= 4 is 27.5 Å². The minimum absolute atomic E-state index is 0.151. The van der Waals surface area contributed by atoms with Gasteiger partial charge in [-0.2, -0.15) is 4.98 Å². The molecular weight excluding hydrogens is 408 g/mol. The molecule has 158 valence electrons. The van der Waals surface area contributed by atoms with Gasteiger partial charge in [0.2, 0.25) is 17.6 Å². The molecule has 0 saturated carbocycles. The van der Waals surface area contributed by atoms with Crippen LogP contribution in [0.4, 0.5) is 0 Å². The van der Waals surface area contributed by atoms with Crippen LogP contribution in [-0.4, -0.2) is 39.0 Å². The lowest BCUT2D eigenvalue weighted by molar-refractivity contribution is -0.132. The molecule has 0 bridgehead atoms. The van der Waals surface area contributed by atoms with Crippen LogP contribution in [0.1, 0.15) is 41.6 Å². The normalized spacial score (nSPS) is 14.9. The number of hydrogen-bond donors (Lipinski definition) is 0. The van der Waals surface area contributed by atoms with Crippen LogP contribution in [-0.2, 0) is 11.2 Å². The van der Waals surface area contributed by atoms with Crippen molar-refractivity contribution in [2.45, 2.75) is 38.5 Å². The first kappa shape index (κ1) is 19.9. The summed E-state index contributed by atoms with van der Waals surface area (Å²) in [6.45, 7) is 3.59. The van der Waals surface area contributed by atoms with Gasteiger partial charge >= 0.3 is 0 Å². The van der Waals surface area contributed by atoms with Gasteiger partial charge in [-0.1, -0.05) is 47.1 Å². The summed E-state index contributed by atoms with van der Waals surface area (Å²) in [7, 11) is 0. The summed E-state index contributed by atoms with van der Waals surface area (Å²) < 4.78 is 6.59.